The third kappa shape index (κ3) is 4.24. The topological polar surface area (TPSA) is 75.6 Å². The highest BCUT2D eigenvalue weighted by Gasteiger charge is 2.21. The Morgan fingerprint density at radius 3 is 2.68 bits per heavy atom. The highest BCUT2D eigenvalue weighted by Crippen LogP contribution is 2.31. The van der Waals surface area contributed by atoms with Gasteiger partial charge in [0.1, 0.15) is 5.75 Å². The minimum atomic E-state index is -1.02. The van der Waals surface area contributed by atoms with Gasteiger partial charge in [-0.1, -0.05) is 13.3 Å². The van der Waals surface area contributed by atoms with E-state index in [4.69, 9.17) is 9.84 Å². The van der Waals surface area contributed by atoms with Gasteiger partial charge in [-0.2, -0.15) is 0 Å². The second kappa shape index (κ2) is 7.13. The van der Waals surface area contributed by atoms with Crippen LogP contribution < -0.4 is 10.1 Å². The third-order valence-electron chi connectivity index (χ3n) is 2.46. The number of carbonyl (C=O) groups excluding carboxylic acids is 1. The zero-order valence-electron chi connectivity index (χ0n) is 11.4. The Morgan fingerprint density at radius 2 is 2.16 bits per heavy atom. The van der Waals surface area contributed by atoms with Crippen LogP contribution in [0.3, 0.4) is 0 Å². The van der Waals surface area contributed by atoms with Crippen molar-refractivity contribution in [2.45, 2.75) is 39.7 Å². The Hall–Kier alpha value is -1.56. The van der Waals surface area contributed by atoms with Crippen LogP contribution in [-0.2, 0) is 11.2 Å². The molecule has 106 valence electrons. The summed E-state index contributed by atoms with van der Waals surface area (Å²) in [7, 11) is 0. The van der Waals surface area contributed by atoms with Crippen LogP contribution in [0, 0.1) is 0 Å². The smallest absolute Gasteiger partial charge is 0.349 e. The van der Waals surface area contributed by atoms with Crippen LogP contribution in [0.4, 0.5) is 0 Å². The van der Waals surface area contributed by atoms with Crippen LogP contribution in [0.15, 0.2) is 6.07 Å². The van der Waals surface area contributed by atoms with Gasteiger partial charge in [-0.25, -0.2) is 4.79 Å². The number of nitrogens with one attached hydrogen (secondary N) is 1. The maximum Gasteiger partial charge on any atom is 0.349 e. The Bertz CT molecular complexity index is 455. The fourth-order valence-electron chi connectivity index (χ4n) is 1.59. The Labute approximate surface area is 116 Å². The summed E-state index contributed by atoms with van der Waals surface area (Å²) in [4.78, 5) is 23.8. The monoisotopic (exact) mass is 285 g/mol. The van der Waals surface area contributed by atoms with Gasteiger partial charge in [0.15, 0.2) is 11.0 Å². The van der Waals surface area contributed by atoms with E-state index in [9.17, 15) is 9.59 Å². The molecule has 1 rings (SSSR count). The zero-order valence-corrected chi connectivity index (χ0v) is 12.2. The van der Waals surface area contributed by atoms with Crippen LogP contribution in [0.2, 0.25) is 0 Å². The highest BCUT2D eigenvalue weighted by atomic mass is 32.1. The molecule has 6 heteroatoms. The van der Waals surface area contributed by atoms with E-state index in [1.54, 1.807) is 13.0 Å². The predicted molar refractivity (Wildman–Crippen MR) is 74.0 cm³/mol. The zero-order chi connectivity index (χ0) is 14.4. The number of thiophene rings is 1. The molecule has 5 nitrogen and oxygen atoms in total. The maximum atomic E-state index is 11.6. The van der Waals surface area contributed by atoms with Gasteiger partial charge in [-0.3, -0.25) is 4.79 Å². The van der Waals surface area contributed by atoms with Crippen LogP contribution in [0.25, 0.3) is 0 Å². The lowest BCUT2D eigenvalue weighted by Crippen LogP contribution is -2.36. The Balaban J connectivity index is 2.86. The number of carboxylic acid groups (broad SMARTS) is 1. The summed E-state index contributed by atoms with van der Waals surface area (Å²) in [5, 5.41) is 11.8. The molecule has 1 amide bonds. The van der Waals surface area contributed by atoms with Gasteiger partial charge in [0.05, 0.1) is 0 Å². The highest BCUT2D eigenvalue weighted by molar-refractivity contribution is 7.14. The Morgan fingerprint density at radius 1 is 1.47 bits per heavy atom. The van der Waals surface area contributed by atoms with E-state index in [2.05, 4.69) is 5.32 Å². The lowest BCUT2D eigenvalue weighted by Gasteiger charge is -2.13. The molecule has 0 aromatic carbocycles. The molecule has 1 aromatic heterocycles. The number of aromatic carboxylic acids is 1. The van der Waals surface area contributed by atoms with Crippen LogP contribution >= 0.6 is 11.3 Å². The van der Waals surface area contributed by atoms with Crippen molar-refractivity contribution in [2.75, 3.05) is 6.54 Å². The van der Waals surface area contributed by atoms with Gasteiger partial charge < -0.3 is 15.2 Å². The van der Waals surface area contributed by atoms with E-state index in [0.29, 0.717) is 6.54 Å². The number of carboxylic acids is 1. The first-order chi connectivity index (χ1) is 8.99. The molecule has 0 spiro atoms. The molecule has 0 bridgehead atoms. The molecule has 0 saturated heterocycles. The molecule has 1 atom stereocenters. The standard InChI is InChI=1S/C13H19NO4S/c1-4-6-9-7-10(11(19-9)13(16)17)18-8(3)12(15)14-5-2/h7-8H,4-6H2,1-3H3,(H,14,15)(H,16,17). The second-order valence-electron chi connectivity index (χ2n) is 4.12. The van der Waals surface area contributed by atoms with E-state index >= 15 is 0 Å². The lowest BCUT2D eigenvalue weighted by atomic mass is 10.3. The van der Waals surface area contributed by atoms with Gasteiger partial charge in [0.2, 0.25) is 0 Å². The number of aryl methyl sites for hydroxylation is 1. The molecule has 0 radical (unpaired) electrons. The summed E-state index contributed by atoms with van der Waals surface area (Å²) in [6, 6.07) is 1.72. The maximum absolute atomic E-state index is 11.6. The molecule has 2 N–H and O–H groups in total. The SMILES string of the molecule is CCCc1cc(OC(C)C(=O)NCC)c(C(=O)O)s1. The van der Waals surface area contributed by atoms with E-state index in [-0.39, 0.29) is 16.5 Å². The largest absolute Gasteiger partial charge is 0.479 e. The van der Waals surface area contributed by atoms with Gasteiger partial charge >= 0.3 is 5.97 Å². The number of rotatable bonds is 7. The number of amides is 1. The molecule has 19 heavy (non-hydrogen) atoms. The number of ether oxygens (including phenoxy) is 1. The molecule has 1 aromatic rings. The van der Waals surface area contributed by atoms with Gasteiger partial charge in [0.25, 0.3) is 5.91 Å². The van der Waals surface area contributed by atoms with E-state index < -0.39 is 12.1 Å². The number of carbonyl (C=O) groups is 2. The van der Waals surface area contributed by atoms with E-state index in [1.165, 1.54) is 11.3 Å². The van der Waals surface area contributed by atoms with Crippen molar-refractivity contribution < 1.29 is 19.4 Å². The van der Waals surface area contributed by atoms with Crippen molar-refractivity contribution in [3.8, 4) is 5.75 Å². The van der Waals surface area contributed by atoms with Crippen molar-refractivity contribution in [1.29, 1.82) is 0 Å². The molecule has 1 unspecified atom stereocenters. The van der Waals surface area contributed by atoms with Gasteiger partial charge in [-0.15, -0.1) is 11.3 Å². The summed E-state index contributed by atoms with van der Waals surface area (Å²) in [5.41, 5.74) is 0. The quantitative estimate of drug-likeness (QED) is 0.806. The Kier molecular flexibility index (Phi) is 5.82. The van der Waals surface area contributed by atoms with Crippen molar-refractivity contribution in [2.24, 2.45) is 0 Å². The number of hydrogen-bond donors (Lipinski definition) is 2. The minimum Gasteiger partial charge on any atom is -0.479 e. The van der Waals surface area contributed by atoms with Crippen molar-refractivity contribution in [3.05, 3.63) is 15.8 Å². The fourth-order valence-corrected chi connectivity index (χ4v) is 2.62. The van der Waals surface area contributed by atoms with E-state index in [0.717, 1.165) is 17.7 Å². The minimum absolute atomic E-state index is 0.152. The van der Waals surface area contributed by atoms with Gasteiger partial charge in [-0.05, 0) is 26.3 Å². The normalized spacial score (nSPS) is 11.9. The number of hydrogen-bond acceptors (Lipinski definition) is 4. The average Bonchev–Trinajstić information content (AvgIpc) is 2.73. The lowest BCUT2D eigenvalue weighted by molar-refractivity contribution is -0.127. The van der Waals surface area contributed by atoms with Crippen molar-refractivity contribution in [3.63, 3.8) is 0 Å². The second-order valence-corrected chi connectivity index (χ2v) is 5.25. The summed E-state index contributed by atoms with van der Waals surface area (Å²) in [6.07, 6.45) is 1.04. The van der Waals surface area contributed by atoms with Crippen LogP contribution in [0.5, 0.6) is 5.75 Å². The summed E-state index contributed by atoms with van der Waals surface area (Å²) >= 11 is 1.20. The predicted octanol–water partition coefficient (Wildman–Crippen LogP) is 2.30. The van der Waals surface area contributed by atoms with E-state index in [1.807, 2.05) is 13.8 Å². The third-order valence-corrected chi connectivity index (χ3v) is 3.63. The summed E-state index contributed by atoms with van der Waals surface area (Å²) in [6.45, 7) is 5.96. The average molecular weight is 285 g/mol. The molecule has 0 saturated carbocycles. The van der Waals surface area contributed by atoms with Crippen molar-refractivity contribution >= 4 is 23.2 Å². The molecular weight excluding hydrogens is 266 g/mol. The molecule has 0 aliphatic carbocycles. The van der Waals surface area contributed by atoms with Crippen molar-refractivity contribution in [1.82, 2.24) is 5.32 Å². The van der Waals surface area contributed by atoms with Crippen LogP contribution in [-0.4, -0.2) is 29.6 Å². The number of likely N-dealkylation sites (N-methyl/N-ethyl adjacent to an activating group) is 1. The first-order valence-electron chi connectivity index (χ1n) is 6.29. The molecule has 0 fully saturated rings. The first kappa shape index (κ1) is 15.5. The van der Waals surface area contributed by atoms with Crippen LogP contribution in [0.1, 0.15) is 41.7 Å². The summed E-state index contributed by atoms with van der Waals surface area (Å²) in [5.74, 6) is -0.993. The van der Waals surface area contributed by atoms with Gasteiger partial charge in [0, 0.05) is 11.4 Å². The molecule has 0 aliphatic heterocycles. The summed E-state index contributed by atoms with van der Waals surface area (Å²) < 4.78 is 5.47. The fraction of sp³-hybridized carbons (Fsp3) is 0.538. The molecule has 1 heterocycles. The first-order valence-corrected chi connectivity index (χ1v) is 7.11. The molecular formula is C13H19NO4S. The molecule has 0 aliphatic rings.